The summed E-state index contributed by atoms with van der Waals surface area (Å²) in [5.41, 5.74) is 2.53. The average Bonchev–Trinajstić information content (AvgIpc) is 2.96. The molecule has 6 heteroatoms. The van der Waals surface area contributed by atoms with E-state index in [1.54, 1.807) is 6.26 Å². The number of aryl methyl sites for hydroxylation is 1. The third-order valence-corrected chi connectivity index (χ3v) is 5.31. The molecule has 0 bridgehead atoms. The number of aliphatic hydroxyl groups is 2. The average molecular weight is 352 g/mol. The smallest absolute Gasteiger partial charge is 0.227 e. The number of halogens is 1. The number of benzene rings is 1. The maximum absolute atomic E-state index is 12.5. The fourth-order valence-electron chi connectivity index (χ4n) is 3.30. The first-order chi connectivity index (χ1) is 11.5. The van der Waals surface area contributed by atoms with E-state index in [2.05, 4.69) is 0 Å². The van der Waals surface area contributed by atoms with E-state index in [1.807, 2.05) is 24.0 Å². The first-order valence-corrected chi connectivity index (χ1v) is 8.60. The number of nitrogens with zero attached hydrogens (tertiary/aromatic N) is 1. The van der Waals surface area contributed by atoms with Gasteiger partial charge in [-0.15, -0.1) is 0 Å². The number of furan rings is 1. The molecule has 0 radical (unpaired) electrons. The van der Waals surface area contributed by atoms with E-state index in [9.17, 15) is 9.90 Å². The van der Waals surface area contributed by atoms with Crippen molar-refractivity contribution in [3.8, 4) is 0 Å². The van der Waals surface area contributed by atoms with Crippen molar-refractivity contribution in [2.75, 3.05) is 19.7 Å². The quantitative estimate of drug-likeness (QED) is 0.887. The molecule has 0 aliphatic carbocycles. The highest BCUT2D eigenvalue weighted by Gasteiger charge is 2.27. The number of fused-ring (bicyclic) bond motifs is 1. The highest BCUT2D eigenvalue weighted by molar-refractivity contribution is 6.32. The third-order valence-electron chi connectivity index (χ3n) is 4.90. The molecule has 1 saturated heterocycles. The molecule has 0 saturated carbocycles. The molecule has 5 nitrogen and oxygen atoms in total. The van der Waals surface area contributed by atoms with Gasteiger partial charge in [0.25, 0.3) is 0 Å². The molecule has 2 N–H and O–H groups in total. The predicted molar refractivity (Wildman–Crippen MR) is 92.1 cm³/mol. The molecule has 1 unspecified atom stereocenters. The molecular weight excluding hydrogens is 330 g/mol. The minimum Gasteiger partial charge on any atom is -0.464 e. The van der Waals surface area contributed by atoms with E-state index >= 15 is 0 Å². The van der Waals surface area contributed by atoms with Gasteiger partial charge in [0, 0.05) is 29.1 Å². The molecule has 2 aromatic rings. The van der Waals surface area contributed by atoms with E-state index in [1.165, 1.54) is 0 Å². The van der Waals surface area contributed by atoms with Crippen LogP contribution in [0.3, 0.4) is 0 Å². The van der Waals surface area contributed by atoms with Crippen LogP contribution >= 0.6 is 11.6 Å². The van der Waals surface area contributed by atoms with E-state index in [-0.39, 0.29) is 24.9 Å². The Morgan fingerprint density at radius 3 is 2.79 bits per heavy atom. The Bertz CT molecular complexity index is 734. The van der Waals surface area contributed by atoms with Gasteiger partial charge in [0.2, 0.25) is 5.91 Å². The Hall–Kier alpha value is -1.56. The highest BCUT2D eigenvalue weighted by atomic mass is 35.5. The largest absolute Gasteiger partial charge is 0.464 e. The second-order valence-corrected chi connectivity index (χ2v) is 6.91. The van der Waals surface area contributed by atoms with Crippen molar-refractivity contribution in [2.24, 2.45) is 5.92 Å². The van der Waals surface area contributed by atoms with Gasteiger partial charge in [0.05, 0.1) is 25.4 Å². The van der Waals surface area contributed by atoms with E-state index in [0.717, 1.165) is 22.1 Å². The molecule has 1 aliphatic rings. The lowest BCUT2D eigenvalue weighted by molar-refractivity contribution is -0.132. The summed E-state index contributed by atoms with van der Waals surface area (Å²) in [6, 6.07) is 3.73. The second kappa shape index (κ2) is 7.13. The number of amides is 1. The number of likely N-dealkylation sites (tertiary alicyclic amines) is 1. The number of hydrogen-bond donors (Lipinski definition) is 2. The molecule has 1 amide bonds. The summed E-state index contributed by atoms with van der Waals surface area (Å²) in [6.07, 6.45) is 2.64. The van der Waals surface area contributed by atoms with Crippen LogP contribution in [0.15, 0.2) is 22.8 Å². The maximum Gasteiger partial charge on any atom is 0.227 e. The molecule has 1 atom stereocenters. The van der Waals surface area contributed by atoms with Gasteiger partial charge in [-0.2, -0.15) is 0 Å². The molecule has 0 spiro atoms. The van der Waals surface area contributed by atoms with Crippen molar-refractivity contribution in [3.05, 3.63) is 34.5 Å². The molecule has 1 aromatic heterocycles. The summed E-state index contributed by atoms with van der Waals surface area (Å²) >= 11 is 6.18. The summed E-state index contributed by atoms with van der Waals surface area (Å²) in [6.45, 7) is 2.91. The normalized spacial score (nSPS) is 17.4. The lowest BCUT2D eigenvalue weighted by Crippen LogP contribution is -2.42. The zero-order valence-corrected chi connectivity index (χ0v) is 14.4. The standard InChI is InChI=1S/C18H22ClNO4/c1-11-6-17-14(8-15(11)19)13(10-24-17)7-18(23)20-4-2-12(3-5-20)16(22)9-21/h6,8,10,12,16,21-22H,2-5,7,9H2,1H3. The SMILES string of the molecule is Cc1cc2occ(CC(=O)N3CCC(C(O)CO)CC3)c2cc1Cl. The summed E-state index contributed by atoms with van der Waals surface area (Å²) < 4.78 is 5.55. The van der Waals surface area contributed by atoms with Crippen molar-refractivity contribution in [3.63, 3.8) is 0 Å². The Kier molecular flexibility index (Phi) is 5.13. The summed E-state index contributed by atoms with van der Waals surface area (Å²) in [4.78, 5) is 14.4. The van der Waals surface area contributed by atoms with Crippen molar-refractivity contribution >= 4 is 28.5 Å². The molecule has 1 aromatic carbocycles. The number of carbonyl (C=O) groups excluding carboxylic acids is 1. The number of aliphatic hydroxyl groups excluding tert-OH is 2. The highest BCUT2D eigenvalue weighted by Crippen LogP contribution is 2.29. The van der Waals surface area contributed by atoms with Crippen molar-refractivity contribution in [1.82, 2.24) is 4.90 Å². The fourth-order valence-corrected chi connectivity index (χ4v) is 3.46. The van der Waals surface area contributed by atoms with Crippen molar-refractivity contribution in [2.45, 2.75) is 32.3 Å². The van der Waals surface area contributed by atoms with Crippen LogP contribution in [0.4, 0.5) is 0 Å². The fraction of sp³-hybridized carbons (Fsp3) is 0.500. The summed E-state index contributed by atoms with van der Waals surface area (Å²) in [7, 11) is 0. The lowest BCUT2D eigenvalue weighted by Gasteiger charge is -2.33. The van der Waals surface area contributed by atoms with Gasteiger partial charge in [0.1, 0.15) is 5.58 Å². The van der Waals surface area contributed by atoms with Gasteiger partial charge in [-0.1, -0.05) is 11.6 Å². The van der Waals surface area contributed by atoms with Crippen LogP contribution in [-0.2, 0) is 11.2 Å². The molecule has 1 fully saturated rings. The van der Waals surface area contributed by atoms with Crippen LogP contribution in [0.2, 0.25) is 5.02 Å². The Balaban J connectivity index is 1.67. The van der Waals surface area contributed by atoms with Gasteiger partial charge in [-0.05, 0) is 43.4 Å². The molecule has 2 heterocycles. The zero-order chi connectivity index (χ0) is 17.3. The molecule has 130 valence electrons. The first kappa shape index (κ1) is 17.3. The Morgan fingerprint density at radius 2 is 2.12 bits per heavy atom. The van der Waals surface area contributed by atoms with Crippen LogP contribution < -0.4 is 0 Å². The molecule has 24 heavy (non-hydrogen) atoms. The van der Waals surface area contributed by atoms with E-state index in [0.29, 0.717) is 31.0 Å². The van der Waals surface area contributed by atoms with Gasteiger partial charge >= 0.3 is 0 Å². The van der Waals surface area contributed by atoms with Gasteiger partial charge in [-0.3, -0.25) is 4.79 Å². The van der Waals surface area contributed by atoms with Gasteiger partial charge in [-0.25, -0.2) is 0 Å². The predicted octanol–water partition coefficient (Wildman–Crippen LogP) is 2.53. The minimum atomic E-state index is -0.689. The van der Waals surface area contributed by atoms with E-state index in [4.69, 9.17) is 21.1 Å². The summed E-state index contributed by atoms with van der Waals surface area (Å²) in [5, 5.41) is 20.3. The molecular formula is C18H22ClNO4. The zero-order valence-electron chi connectivity index (χ0n) is 13.7. The van der Waals surface area contributed by atoms with Crippen LogP contribution in [0.25, 0.3) is 11.0 Å². The monoisotopic (exact) mass is 351 g/mol. The molecule has 1 aliphatic heterocycles. The molecule has 3 rings (SSSR count). The lowest BCUT2D eigenvalue weighted by atomic mass is 9.91. The van der Waals surface area contributed by atoms with Gasteiger partial charge in [0.15, 0.2) is 0 Å². The minimum absolute atomic E-state index is 0.0475. The second-order valence-electron chi connectivity index (χ2n) is 6.50. The van der Waals surface area contributed by atoms with Crippen LogP contribution in [-0.4, -0.2) is 46.8 Å². The first-order valence-electron chi connectivity index (χ1n) is 8.22. The van der Waals surface area contributed by atoms with Crippen LogP contribution in [0.5, 0.6) is 0 Å². The Morgan fingerprint density at radius 1 is 1.42 bits per heavy atom. The third kappa shape index (κ3) is 3.43. The maximum atomic E-state index is 12.5. The number of piperidine rings is 1. The van der Waals surface area contributed by atoms with Crippen molar-refractivity contribution in [1.29, 1.82) is 0 Å². The number of hydrogen-bond acceptors (Lipinski definition) is 4. The summed E-state index contributed by atoms with van der Waals surface area (Å²) in [5.74, 6) is 0.113. The Labute approximate surface area is 145 Å². The van der Waals surface area contributed by atoms with E-state index < -0.39 is 6.10 Å². The number of carbonyl (C=O) groups is 1. The van der Waals surface area contributed by atoms with Crippen LogP contribution in [0, 0.1) is 12.8 Å². The number of rotatable bonds is 4. The van der Waals surface area contributed by atoms with Gasteiger partial charge < -0.3 is 19.5 Å². The van der Waals surface area contributed by atoms with Crippen LogP contribution in [0.1, 0.15) is 24.0 Å². The van der Waals surface area contributed by atoms with Crippen molar-refractivity contribution < 1.29 is 19.4 Å². The topological polar surface area (TPSA) is 73.9 Å².